The van der Waals surface area contributed by atoms with Crippen molar-refractivity contribution in [3.63, 3.8) is 0 Å². The minimum absolute atomic E-state index is 0.0304. The van der Waals surface area contributed by atoms with Crippen molar-refractivity contribution in [3.8, 4) is 17.2 Å². The Morgan fingerprint density at radius 2 is 1.72 bits per heavy atom. The number of benzene rings is 2. The zero-order valence-corrected chi connectivity index (χ0v) is 17.7. The van der Waals surface area contributed by atoms with Crippen LogP contribution in [-0.4, -0.2) is 40.8 Å². The molecular weight excluding hydrogens is 422 g/mol. The summed E-state index contributed by atoms with van der Waals surface area (Å²) in [6, 6.07) is 5.78. The third-order valence-electron chi connectivity index (χ3n) is 3.90. The number of anilines is 1. The first-order valence-corrected chi connectivity index (χ1v) is 10.0. The average Bonchev–Trinajstić information content (AvgIpc) is 2.67. The molecule has 2 aromatic carbocycles. The first-order valence-electron chi connectivity index (χ1n) is 8.17. The van der Waals surface area contributed by atoms with Gasteiger partial charge in [-0.3, -0.25) is 4.72 Å². The van der Waals surface area contributed by atoms with Crippen molar-refractivity contribution < 1.29 is 32.5 Å². The third kappa shape index (κ3) is 5.12. The van der Waals surface area contributed by atoms with Gasteiger partial charge in [0.25, 0.3) is 10.0 Å². The van der Waals surface area contributed by atoms with Gasteiger partial charge in [0.05, 0.1) is 27.0 Å². The van der Waals surface area contributed by atoms with Crippen LogP contribution in [0.3, 0.4) is 0 Å². The van der Waals surface area contributed by atoms with Crippen molar-refractivity contribution in [3.05, 3.63) is 46.5 Å². The van der Waals surface area contributed by atoms with Crippen LogP contribution in [0.2, 0.25) is 5.02 Å². The van der Waals surface area contributed by atoms with Crippen LogP contribution in [0.1, 0.15) is 11.1 Å². The smallest absolute Gasteiger partial charge is 0.328 e. The van der Waals surface area contributed by atoms with Gasteiger partial charge in [0.2, 0.25) is 0 Å². The summed E-state index contributed by atoms with van der Waals surface area (Å²) in [4.78, 5) is 10.6. The molecule has 0 aliphatic rings. The van der Waals surface area contributed by atoms with Gasteiger partial charge in [0.15, 0.2) is 11.5 Å². The highest BCUT2D eigenvalue weighted by Gasteiger charge is 2.25. The monoisotopic (exact) mass is 441 g/mol. The summed E-state index contributed by atoms with van der Waals surface area (Å²) in [6.07, 6.45) is 2.13. The van der Waals surface area contributed by atoms with E-state index in [0.717, 1.165) is 6.08 Å². The van der Waals surface area contributed by atoms with Gasteiger partial charge in [-0.2, -0.15) is 0 Å². The van der Waals surface area contributed by atoms with E-state index < -0.39 is 16.0 Å². The lowest BCUT2D eigenvalue weighted by molar-refractivity contribution is -0.131. The summed E-state index contributed by atoms with van der Waals surface area (Å²) in [7, 11) is -0.135. The van der Waals surface area contributed by atoms with Crippen LogP contribution in [-0.2, 0) is 14.8 Å². The maximum absolute atomic E-state index is 13.1. The van der Waals surface area contributed by atoms with Gasteiger partial charge < -0.3 is 19.3 Å². The summed E-state index contributed by atoms with van der Waals surface area (Å²) < 4.78 is 44.4. The fourth-order valence-electron chi connectivity index (χ4n) is 2.52. The number of carbonyl (C=O) groups is 1. The molecule has 0 saturated carbocycles. The van der Waals surface area contributed by atoms with E-state index in [1.54, 1.807) is 6.92 Å². The van der Waals surface area contributed by atoms with E-state index in [4.69, 9.17) is 30.9 Å². The number of aliphatic carboxylic acids is 1. The molecular formula is C19H20ClNO7S. The van der Waals surface area contributed by atoms with E-state index in [-0.39, 0.29) is 27.8 Å². The highest BCUT2D eigenvalue weighted by Crippen LogP contribution is 2.38. The van der Waals surface area contributed by atoms with Crippen molar-refractivity contribution in [1.29, 1.82) is 0 Å². The molecule has 0 aromatic heterocycles. The molecule has 0 radical (unpaired) electrons. The van der Waals surface area contributed by atoms with Crippen LogP contribution in [0.5, 0.6) is 17.2 Å². The number of rotatable bonds is 8. The zero-order chi connectivity index (χ0) is 21.8. The minimum Gasteiger partial charge on any atom is -0.495 e. The summed E-state index contributed by atoms with van der Waals surface area (Å²) in [5.74, 6) is -0.850. The lowest BCUT2D eigenvalue weighted by atomic mass is 10.2. The summed E-state index contributed by atoms with van der Waals surface area (Å²) >= 11 is 6.07. The number of sulfonamides is 1. The lowest BCUT2D eigenvalue weighted by Gasteiger charge is -2.17. The van der Waals surface area contributed by atoms with Gasteiger partial charge in [-0.15, -0.1) is 0 Å². The second-order valence-corrected chi connectivity index (χ2v) is 7.89. The molecule has 29 heavy (non-hydrogen) atoms. The van der Waals surface area contributed by atoms with Gasteiger partial charge in [0, 0.05) is 17.2 Å². The molecule has 0 amide bonds. The fraction of sp³-hybridized carbons (Fsp3) is 0.211. The van der Waals surface area contributed by atoms with Crippen molar-refractivity contribution >= 4 is 39.4 Å². The molecule has 0 saturated heterocycles. The first-order chi connectivity index (χ1) is 13.6. The highest BCUT2D eigenvalue weighted by molar-refractivity contribution is 7.92. The van der Waals surface area contributed by atoms with Crippen LogP contribution in [0.15, 0.2) is 35.2 Å². The third-order valence-corrected chi connectivity index (χ3v) is 5.68. The van der Waals surface area contributed by atoms with E-state index >= 15 is 0 Å². The van der Waals surface area contributed by atoms with Crippen LogP contribution in [0.4, 0.5) is 5.69 Å². The molecule has 2 rings (SSSR count). The number of carboxylic acids is 1. The van der Waals surface area contributed by atoms with Crippen LogP contribution >= 0.6 is 11.6 Å². The molecule has 0 atom stereocenters. The standard InChI is InChI=1S/C19H20ClNO7S/c1-11-7-14(15(26-2)10-13(11)20)21-29(24,25)17-9-12(5-6-18(22)23)8-16(27-3)19(17)28-4/h5-10,21H,1-4H3,(H,22,23)/b6-5+. The molecule has 10 heteroatoms. The van der Waals surface area contributed by atoms with E-state index in [9.17, 15) is 13.2 Å². The molecule has 0 aliphatic heterocycles. The van der Waals surface area contributed by atoms with Gasteiger partial charge in [-0.25, -0.2) is 13.2 Å². The maximum Gasteiger partial charge on any atom is 0.328 e. The van der Waals surface area contributed by atoms with Gasteiger partial charge in [-0.1, -0.05) is 11.6 Å². The first kappa shape index (κ1) is 22.4. The van der Waals surface area contributed by atoms with Crippen LogP contribution < -0.4 is 18.9 Å². The van der Waals surface area contributed by atoms with E-state index in [1.807, 2.05) is 0 Å². The number of halogens is 1. The predicted molar refractivity (Wildman–Crippen MR) is 110 cm³/mol. The number of carboxylic acid groups (broad SMARTS) is 1. The number of nitrogens with one attached hydrogen (secondary N) is 1. The van der Waals surface area contributed by atoms with Gasteiger partial charge in [-0.05, 0) is 42.3 Å². The van der Waals surface area contributed by atoms with E-state index in [0.29, 0.717) is 16.1 Å². The molecule has 0 spiro atoms. The second-order valence-electron chi connectivity index (χ2n) is 5.83. The molecule has 0 heterocycles. The zero-order valence-electron chi connectivity index (χ0n) is 16.1. The number of hydrogen-bond acceptors (Lipinski definition) is 6. The summed E-state index contributed by atoms with van der Waals surface area (Å²) in [5, 5.41) is 9.26. The molecule has 0 bridgehead atoms. The average molecular weight is 442 g/mol. The number of hydrogen-bond donors (Lipinski definition) is 2. The predicted octanol–water partition coefficient (Wildman–Crippen LogP) is 3.57. The topological polar surface area (TPSA) is 111 Å². The van der Waals surface area contributed by atoms with Crippen LogP contribution in [0.25, 0.3) is 6.08 Å². The Labute approximate surface area is 173 Å². The Bertz CT molecular complexity index is 1060. The van der Waals surface area contributed by atoms with Crippen molar-refractivity contribution in [1.82, 2.24) is 0 Å². The molecule has 2 aromatic rings. The number of aryl methyl sites for hydroxylation is 1. The Balaban J connectivity index is 2.63. The molecule has 0 aliphatic carbocycles. The lowest BCUT2D eigenvalue weighted by Crippen LogP contribution is -2.15. The Hall–Kier alpha value is -2.91. The molecule has 0 unspecified atom stereocenters. The Kier molecular flexibility index (Phi) is 6.99. The number of methoxy groups -OCH3 is 3. The van der Waals surface area contributed by atoms with Gasteiger partial charge >= 0.3 is 5.97 Å². The fourth-order valence-corrected chi connectivity index (χ4v) is 3.96. The van der Waals surface area contributed by atoms with Crippen molar-refractivity contribution in [2.45, 2.75) is 11.8 Å². The normalized spacial score (nSPS) is 11.3. The number of ether oxygens (including phenoxy) is 3. The quantitative estimate of drug-likeness (QED) is 0.602. The van der Waals surface area contributed by atoms with Crippen molar-refractivity contribution in [2.24, 2.45) is 0 Å². The molecule has 2 N–H and O–H groups in total. The Morgan fingerprint density at radius 3 is 2.28 bits per heavy atom. The van der Waals surface area contributed by atoms with Crippen molar-refractivity contribution in [2.75, 3.05) is 26.1 Å². The van der Waals surface area contributed by atoms with Gasteiger partial charge in [0.1, 0.15) is 10.6 Å². The molecule has 0 fully saturated rings. The minimum atomic E-state index is -4.17. The largest absolute Gasteiger partial charge is 0.495 e. The summed E-state index contributed by atoms with van der Waals surface area (Å²) in [5.41, 5.74) is 1.12. The molecule has 156 valence electrons. The maximum atomic E-state index is 13.1. The molecule has 8 nitrogen and oxygen atoms in total. The SMILES string of the molecule is COc1cc(Cl)c(C)cc1NS(=O)(=O)c1cc(/C=C/C(=O)O)cc(OC)c1OC. The highest BCUT2D eigenvalue weighted by atomic mass is 35.5. The van der Waals surface area contributed by atoms with E-state index in [2.05, 4.69) is 4.72 Å². The second kappa shape index (κ2) is 9.06. The summed E-state index contributed by atoms with van der Waals surface area (Å²) in [6.45, 7) is 1.72. The van der Waals surface area contributed by atoms with E-state index in [1.165, 1.54) is 51.7 Å². The van der Waals surface area contributed by atoms with Crippen LogP contribution in [0, 0.1) is 6.92 Å². The Morgan fingerprint density at radius 1 is 1.07 bits per heavy atom.